The Kier molecular flexibility index (Phi) is 3.46. The van der Waals surface area contributed by atoms with Gasteiger partial charge in [-0.2, -0.15) is 5.10 Å². The fourth-order valence-corrected chi connectivity index (χ4v) is 2.89. The molecule has 0 spiro atoms. The zero-order chi connectivity index (χ0) is 14.1. The highest BCUT2D eigenvalue weighted by atomic mass is 35.5. The van der Waals surface area contributed by atoms with Crippen molar-refractivity contribution in [1.29, 1.82) is 0 Å². The van der Waals surface area contributed by atoms with Crippen LogP contribution in [0.5, 0.6) is 0 Å². The largest absolute Gasteiger partial charge is 0.286 e. The van der Waals surface area contributed by atoms with Crippen LogP contribution >= 0.6 is 23.4 Å². The first-order valence-corrected chi connectivity index (χ1v) is 6.95. The van der Waals surface area contributed by atoms with Gasteiger partial charge in [-0.3, -0.25) is 10.2 Å². The van der Waals surface area contributed by atoms with Crippen molar-refractivity contribution < 1.29 is 9.18 Å². The van der Waals surface area contributed by atoms with Gasteiger partial charge < -0.3 is 0 Å². The number of anilines is 1. The number of carbonyl (C=O) groups excluding carboxylic acids is 1. The van der Waals surface area contributed by atoms with Crippen molar-refractivity contribution in [3.8, 4) is 0 Å². The zero-order valence-electron chi connectivity index (χ0n) is 10.1. The van der Waals surface area contributed by atoms with Gasteiger partial charge >= 0.3 is 0 Å². The van der Waals surface area contributed by atoms with E-state index in [1.54, 1.807) is 30.3 Å². The van der Waals surface area contributed by atoms with E-state index in [0.717, 1.165) is 11.8 Å². The molecular weight excluding hydrogens is 299 g/mol. The molecule has 1 aliphatic heterocycles. The number of carbonyl (C=O) groups is 1. The molecule has 0 fully saturated rings. The number of fused-ring (bicyclic) bond motifs is 1. The fraction of sp³-hybridized carbons (Fsp3) is 0. The van der Waals surface area contributed by atoms with Crippen molar-refractivity contribution in [3.63, 3.8) is 0 Å². The number of para-hydroxylation sites is 1. The van der Waals surface area contributed by atoms with E-state index >= 15 is 0 Å². The van der Waals surface area contributed by atoms with Crippen LogP contribution in [0.2, 0.25) is 5.02 Å². The SMILES string of the molecule is O=C1/C(=N/Nc2ccccc2Cl)Sc2c(F)cccc21. The predicted molar refractivity (Wildman–Crippen MR) is 79.1 cm³/mol. The third-order valence-corrected chi connectivity index (χ3v) is 4.18. The zero-order valence-corrected chi connectivity index (χ0v) is 11.6. The molecule has 0 amide bonds. The predicted octanol–water partition coefficient (Wildman–Crippen LogP) is 4.19. The first kappa shape index (κ1) is 13.1. The molecule has 1 aliphatic rings. The van der Waals surface area contributed by atoms with Crippen LogP contribution in [-0.2, 0) is 0 Å². The van der Waals surface area contributed by atoms with Gasteiger partial charge in [0.1, 0.15) is 5.82 Å². The first-order valence-electron chi connectivity index (χ1n) is 5.76. The maximum Gasteiger partial charge on any atom is 0.221 e. The van der Waals surface area contributed by atoms with E-state index in [2.05, 4.69) is 10.5 Å². The summed E-state index contributed by atoms with van der Waals surface area (Å²) < 4.78 is 13.6. The topological polar surface area (TPSA) is 41.5 Å². The summed E-state index contributed by atoms with van der Waals surface area (Å²) in [7, 11) is 0. The van der Waals surface area contributed by atoms with E-state index in [4.69, 9.17) is 11.6 Å². The van der Waals surface area contributed by atoms with Crippen LogP contribution in [0.3, 0.4) is 0 Å². The molecule has 0 atom stereocenters. The molecule has 2 aromatic carbocycles. The number of hydrazone groups is 1. The lowest BCUT2D eigenvalue weighted by molar-refractivity contribution is 0.106. The van der Waals surface area contributed by atoms with Gasteiger partial charge in [-0.05, 0) is 24.3 Å². The van der Waals surface area contributed by atoms with Crippen LogP contribution in [0.15, 0.2) is 52.5 Å². The first-order chi connectivity index (χ1) is 9.66. The van der Waals surface area contributed by atoms with Crippen LogP contribution in [0.25, 0.3) is 0 Å². The van der Waals surface area contributed by atoms with Crippen LogP contribution in [0, 0.1) is 5.82 Å². The molecule has 0 unspecified atom stereocenters. The van der Waals surface area contributed by atoms with Gasteiger partial charge in [0, 0.05) is 5.56 Å². The highest BCUT2D eigenvalue weighted by molar-refractivity contribution is 8.16. The summed E-state index contributed by atoms with van der Waals surface area (Å²) in [6.45, 7) is 0. The Morgan fingerprint density at radius 3 is 2.70 bits per heavy atom. The van der Waals surface area contributed by atoms with Crippen molar-refractivity contribution in [2.45, 2.75) is 4.90 Å². The standard InChI is InChI=1S/C14H8ClFN2OS/c15-9-5-1-2-7-11(9)17-18-14-12(19)8-4-3-6-10(16)13(8)20-14/h1-7,17H/b18-14-. The number of hydrogen-bond acceptors (Lipinski definition) is 4. The van der Waals surface area contributed by atoms with Crippen LogP contribution < -0.4 is 5.43 Å². The molecule has 0 saturated heterocycles. The van der Waals surface area contributed by atoms with Crippen LogP contribution in [-0.4, -0.2) is 10.8 Å². The van der Waals surface area contributed by atoms with Gasteiger partial charge in [-0.1, -0.05) is 41.6 Å². The second-order valence-corrected chi connectivity index (χ2v) is 5.46. The molecule has 3 nitrogen and oxygen atoms in total. The average molecular weight is 307 g/mol. The number of nitrogens with one attached hydrogen (secondary N) is 1. The molecule has 0 aliphatic carbocycles. The molecule has 20 heavy (non-hydrogen) atoms. The number of nitrogens with zero attached hydrogens (tertiary/aromatic N) is 1. The molecule has 1 N–H and O–H groups in total. The van der Waals surface area contributed by atoms with E-state index in [9.17, 15) is 9.18 Å². The Morgan fingerprint density at radius 2 is 1.95 bits per heavy atom. The maximum atomic E-state index is 13.6. The molecule has 2 aromatic rings. The van der Waals surface area contributed by atoms with Crippen molar-refractivity contribution >= 4 is 39.9 Å². The van der Waals surface area contributed by atoms with E-state index in [1.165, 1.54) is 12.1 Å². The number of rotatable bonds is 2. The Morgan fingerprint density at radius 1 is 1.15 bits per heavy atom. The average Bonchev–Trinajstić information content (AvgIpc) is 2.77. The number of thioether (sulfide) groups is 1. The summed E-state index contributed by atoms with van der Waals surface area (Å²) in [6.07, 6.45) is 0. The summed E-state index contributed by atoms with van der Waals surface area (Å²) in [5, 5.41) is 4.72. The molecule has 0 bridgehead atoms. The minimum Gasteiger partial charge on any atom is -0.286 e. The van der Waals surface area contributed by atoms with Crippen LogP contribution in [0.1, 0.15) is 10.4 Å². The lowest BCUT2D eigenvalue weighted by atomic mass is 10.1. The second kappa shape index (κ2) is 5.26. The smallest absolute Gasteiger partial charge is 0.221 e. The second-order valence-electron chi connectivity index (χ2n) is 4.06. The third kappa shape index (κ3) is 2.30. The highest BCUT2D eigenvalue weighted by Crippen LogP contribution is 2.35. The Bertz CT molecular complexity index is 733. The molecule has 100 valence electrons. The monoisotopic (exact) mass is 306 g/mol. The minimum absolute atomic E-state index is 0.199. The number of Topliss-reactive ketones (excluding diaryl/α,β-unsaturated/α-hetero) is 1. The van der Waals surface area contributed by atoms with E-state index in [-0.39, 0.29) is 10.8 Å². The molecule has 0 radical (unpaired) electrons. The van der Waals surface area contributed by atoms with Gasteiger partial charge in [0.05, 0.1) is 15.6 Å². The molecular formula is C14H8ClFN2OS. The summed E-state index contributed by atoms with van der Waals surface area (Å²) in [4.78, 5) is 12.4. The Hall–Kier alpha value is -1.85. The Labute approximate surface area is 123 Å². The van der Waals surface area contributed by atoms with Crippen LogP contribution in [0.4, 0.5) is 10.1 Å². The number of hydrogen-bond donors (Lipinski definition) is 1. The summed E-state index contributed by atoms with van der Waals surface area (Å²) in [5.41, 5.74) is 3.66. The van der Waals surface area contributed by atoms with Gasteiger partial charge in [-0.25, -0.2) is 4.39 Å². The van der Waals surface area contributed by atoms with Gasteiger partial charge in [0.25, 0.3) is 0 Å². The quantitative estimate of drug-likeness (QED) is 0.846. The number of benzene rings is 2. The van der Waals surface area contributed by atoms with E-state index in [1.807, 2.05) is 0 Å². The van der Waals surface area contributed by atoms with Gasteiger partial charge in [0.15, 0.2) is 5.04 Å². The minimum atomic E-state index is -0.413. The molecule has 0 saturated carbocycles. The summed E-state index contributed by atoms with van der Waals surface area (Å²) in [5.74, 6) is -0.701. The van der Waals surface area contributed by atoms with Crippen molar-refractivity contribution in [1.82, 2.24) is 0 Å². The number of halogens is 2. The normalized spacial score (nSPS) is 15.5. The lowest BCUT2D eigenvalue weighted by Crippen LogP contribution is -2.06. The van der Waals surface area contributed by atoms with E-state index in [0.29, 0.717) is 21.2 Å². The Balaban J connectivity index is 1.87. The van der Waals surface area contributed by atoms with Crippen molar-refractivity contribution in [2.24, 2.45) is 5.10 Å². The summed E-state index contributed by atoms with van der Waals surface area (Å²) in [6, 6.07) is 11.5. The third-order valence-electron chi connectivity index (χ3n) is 2.76. The fourth-order valence-electron chi connectivity index (χ4n) is 1.79. The van der Waals surface area contributed by atoms with Gasteiger partial charge in [-0.15, -0.1) is 0 Å². The highest BCUT2D eigenvalue weighted by Gasteiger charge is 2.30. The lowest BCUT2D eigenvalue weighted by Gasteiger charge is -2.02. The van der Waals surface area contributed by atoms with E-state index < -0.39 is 5.82 Å². The molecule has 3 rings (SSSR count). The number of ketones is 1. The van der Waals surface area contributed by atoms with Gasteiger partial charge in [0.2, 0.25) is 5.78 Å². The molecule has 0 aromatic heterocycles. The maximum absolute atomic E-state index is 13.6. The molecule has 1 heterocycles. The van der Waals surface area contributed by atoms with Crippen molar-refractivity contribution in [2.75, 3.05) is 5.43 Å². The van der Waals surface area contributed by atoms with Crippen molar-refractivity contribution in [3.05, 3.63) is 58.9 Å². The molecule has 6 heteroatoms. The summed E-state index contributed by atoms with van der Waals surface area (Å²) >= 11 is 6.99.